The Kier molecular flexibility index (Phi) is 2.53. The van der Waals surface area contributed by atoms with Gasteiger partial charge in [-0.05, 0) is 0 Å². The van der Waals surface area contributed by atoms with Gasteiger partial charge in [0.05, 0.1) is 19.5 Å². The molecule has 7 heteroatoms. The fourth-order valence-corrected chi connectivity index (χ4v) is 1.80. The van der Waals surface area contributed by atoms with Crippen molar-refractivity contribution < 1.29 is 17.9 Å². The van der Waals surface area contributed by atoms with Crippen LogP contribution in [0.25, 0.3) is 0 Å². The van der Waals surface area contributed by atoms with E-state index in [0.717, 1.165) is 0 Å². The molecule has 1 fully saturated rings. The van der Waals surface area contributed by atoms with E-state index in [0.29, 0.717) is 0 Å². The third-order valence-electron chi connectivity index (χ3n) is 1.54. The maximum atomic E-state index is 10.8. The zero-order valence-electron chi connectivity index (χ0n) is 6.61. The van der Waals surface area contributed by atoms with Crippen LogP contribution in [-0.2, 0) is 14.8 Å². The van der Waals surface area contributed by atoms with E-state index in [9.17, 15) is 13.2 Å². The van der Waals surface area contributed by atoms with Crippen LogP contribution in [0.3, 0.4) is 0 Å². The molecule has 0 aromatic rings. The van der Waals surface area contributed by atoms with Crippen molar-refractivity contribution in [2.75, 3.05) is 26.1 Å². The number of sulfonamides is 1. The smallest absolute Gasteiger partial charge is 0.410 e. The summed E-state index contributed by atoms with van der Waals surface area (Å²) in [4.78, 5) is 12.1. The van der Waals surface area contributed by atoms with Crippen LogP contribution < -0.4 is 4.72 Å². The van der Waals surface area contributed by atoms with Crippen LogP contribution in [0.2, 0.25) is 0 Å². The highest BCUT2D eigenvalue weighted by Crippen LogP contribution is 1.99. The SMILES string of the molecule is COC(=O)N1CCS(=O)(=O)NC1. The van der Waals surface area contributed by atoms with E-state index in [1.54, 1.807) is 0 Å². The predicted octanol–water partition coefficient (Wildman–Crippen LogP) is -1.05. The third kappa shape index (κ3) is 2.08. The lowest BCUT2D eigenvalue weighted by molar-refractivity contribution is 0.123. The quantitative estimate of drug-likeness (QED) is 0.533. The molecule has 1 saturated heterocycles. The molecule has 1 N–H and O–H groups in total. The molecule has 0 saturated carbocycles. The predicted molar refractivity (Wildman–Crippen MR) is 40.9 cm³/mol. The second kappa shape index (κ2) is 3.28. The first-order valence-corrected chi connectivity index (χ1v) is 5.00. The van der Waals surface area contributed by atoms with Gasteiger partial charge in [-0.3, -0.25) is 4.90 Å². The third-order valence-corrected chi connectivity index (χ3v) is 2.83. The Balaban J connectivity index is 2.52. The minimum Gasteiger partial charge on any atom is -0.453 e. The van der Waals surface area contributed by atoms with E-state index >= 15 is 0 Å². The van der Waals surface area contributed by atoms with Crippen molar-refractivity contribution in [2.24, 2.45) is 0 Å². The van der Waals surface area contributed by atoms with Crippen LogP contribution in [0.15, 0.2) is 0 Å². The van der Waals surface area contributed by atoms with Gasteiger partial charge < -0.3 is 4.74 Å². The Bertz CT molecular complexity index is 259. The van der Waals surface area contributed by atoms with Gasteiger partial charge in [0.1, 0.15) is 0 Å². The molecule has 12 heavy (non-hydrogen) atoms. The van der Waals surface area contributed by atoms with E-state index in [4.69, 9.17) is 0 Å². The Morgan fingerprint density at radius 1 is 1.58 bits per heavy atom. The first kappa shape index (κ1) is 9.27. The molecule has 6 nitrogen and oxygen atoms in total. The van der Waals surface area contributed by atoms with Crippen LogP contribution in [-0.4, -0.2) is 45.5 Å². The number of carbonyl (C=O) groups is 1. The van der Waals surface area contributed by atoms with Crippen molar-refractivity contribution in [1.29, 1.82) is 0 Å². The Morgan fingerprint density at radius 2 is 2.25 bits per heavy atom. The summed E-state index contributed by atoms with van der Waals surface area (Å²) >= 11 is 0. The molecule has 0 aromatic carbocycles. The van der Waals surface area contributed by atoms with Crippen molar-refractivity contribution in [1.82, 2.24) is 9.62 Å². The van der Waals surface area contributed by atoms with E-state index in [2.05, 4.69) is 9.46 Å². The molecule has 0 aromatic heterocycles. The van der Waals surface area contributed by atoms with Crippen LogP contribution in [0.1, 0.15) is 0 Å². The van der Waals surface area contributed by atoms with Gasteiger partial charge in [0.15, 0.2) is 0 Å². The molecule has 0 radical (unpaired) electrons. The summed E-state index contributed by atoms with van der Waals surface area (Å²) in [5.41, 5.74) is 0. The molecule has 0 bridgehead atoms. The van der Waals surface area contributed by atoms with Gasteiger partial charge in [-0.1, -0.05) is 0 Å². The van der Waals surface area contributed by atoms with Gasteiger partial charge in [0.25, 0.3) is 0 Å². The number of hydrogen-bond acceptors (Lipinski definition) is 4. The molecule has 0 aliphatic carbocycles. The van der Waals surface area contributed by atoms with E-state index in [1.165, 1.54) is 12.0 Å². The highest BCUT2D eigenvalue weighted by molar-refractivity contribution is 7.89. The van der Waals surface area contributed by atoms with Crippen molar-refractivity contribution >= 4 is 16.1 Å². The molecule has 1 aliphatic heterocycles. The number of nitrogens with one attached hydrogen (secondary N) is 1. The van der Waals surface area contributed by atoms with Crippen LogP contribution in [0.5, 0.6) is 0 Å². The Labute approximate surface area is 70.5 Å². The average molecular weight is 194 g/mol. The summed E-state index contributed by atoms with van der Waals surface area (Å²) in [5.74, 6) is -0.0674. The van der Waals surface area contributed by atoms with Crippen LogP contribution in [0, 0.1) is 0 Å². The minimum absolute atomic E-state index is 0.00495. The topological polar surface area (TPSA) is 75.7 Å². The van der Waals surface area contributed by atoms with Gasteiger partial charge >= 0.3 is 6.09 Å². The van der Waals surface area contributed by atoms with Crippen molar-refractivity contribution in [3.63, 3.8) is 0 Å². The summed E-state index contributed by atoms with van der Waals surface area (Å²) < 4.78 is 28.3. The summed E-state index contributed by atoms with van der Waals surface area (Å²) in [6, 6.07) is 0. The van der Waals surface area contributed by atoms with Crippen molar-refractivity contribution in [3.05, 3.63) is 0 Å². The summed E-state index contributed by atoms with van der Waals surface area (Å²) in [6.07, 6.45) is -0.516. The maximum Gasteiger partial charge on any atom is 0.410 e. The maximum absolute atomic E-state index is 10.8. The molecule has 1 amide bonds. The van der Waals surface area contributed by atoms with Crippen LogP contribution >= 0.6 is 0 Å². The second-order valence-electron chi connectivity index (χ2n) is 2.35. The zero-order valence-corrected chi connectivity index (χ0v) is 7.43. The number of hydrogen-bond donors (Lipinski definition) is 1. The fraction of sp³-hybridized carbons (Fsp3) is 0.800. The highest BCUT2D eigenvalue weighted by atomic mass is 32.2. The highest BCUT2D eigenvalue weighted by Gasteiger charge is 2.24. The second-order valence-corrected chi connectivity index (χ2v) is 4.28. The van der Waals surface area contributed by atoms with Crippen LogP contribution in [0.4, 0.5) is 4.79 Å². The average Bonchev–Trinajstić information content (AvgIpc) is 2.03. The summed E-state index contributed by atoms with van der Waals surface area (Å²) in [5, 5.41) is 0. The first-order valence-electron chi connectivity index (χ1n) is 3.35. The van der Waals surface area contributed by atoms with E-state index in [-0.39, 0.29) is 19.0 Å². The summed E-state index contributed by atoms with van der Waals surface area (Å²) in [6.45, 7) is 0.178. The molecule has 0 unspecified atom stereocenters. The summed E-state index contributed by atoms with van der Waals surface area (Å²) in [7, 11) is -1.90. The molecule has 70 valence electrons. The van der Waals surface area contributed by atoms with Crippen molar-refractivity contribution in [2.45, 2.75) is 0 Å². The molecule has 0 spiro atoms. The molecular formula is C5H10N2O4S. The van der Waals surface area contributed by atoms with Gasteiger partial charge in [-0.25, -0.2) is 13.2 Å². The lowest BCUT2D eigenvalue weighted by atomic mass is 10.6. The lowest BCUT2D eigenvalue weighted by Gasteiger charge is -2.25. The standard InChI is InChI=1S/C5H10N2O4S/c1-11-5(8)7-2-3-12(9,10)6-4-7/h6H,2-4H2,1H3. The van der Waals surface area contributed by atoms with E-state index < -0.39 is 16.1 Å². The molecule has 1 aliphatic rings. The first-order chi connectivity index (χ1) is 5.55. The largest absolute Gasteiger partial charge is 0.453 e. The number of rotatable bonds is 0. The van der Waals surface area contributed by atoms with E-state index in [1.807, 2.05) is 0 Å². The normalized spacial score (nSPS) is 21.9. The molecule has 0 atom stereocenters. The number of carbonyl (C=O) groups excluding carboxylic acids is 1. The monoisotopic (exact) mass is 194 g/mol. The number of ether oxygens (including phenoxy) is 1. The van der Waals surface area contributed by atoms with Gasteiger partial charge in [0, 0.05) is 6.54 Å². The van der Waals surface area contributed by atoms with Crippen molar-refractivity contribution in [3.8, 4) is 0 Å². The number of methoxy groups -OCH3 is 1. The Morgan fingerprint density at radius 3 is 2.67 bits per heavy atom. The number of amides is 1. The minimum atomic E-state index is -3.16. The van der Waals surface area contributed by atoms with Gasteiger partial charge in [-0.15, -0.1) is 0 Å². The molecular weight excluding hydrogens is 184 g/mol. The van der Waals surface area contributed by atoms with Gasteiger partial charge in [-0.2, -0.15) is 4.72 Å². The zero-order chi connectivity index (χ0) is 9.19. The molecule has 1 heterocycles. The van der Waals surface area contributed by atoms with Gasteiger partial charge in [0.2, 0.25) is 10.0 Å². The fourth-order valence-electron chi connectivity index (χ4n) is 0.843. The number of nitrogens with zero attached hydrogens (tertiary/aromatic N) is 1. The lowest BCUT2D eigenvalue weighted by Crippen LogP contribution is -2.49. The Hall–Kier alpha value is -0.820. The molecule has 1 rings (SSSR count).